The van der Waals surface area contributed by atoms with Gasteiger partial charge in [-0.3, -0.25) is 0 Å². The van der Waals surface area contributed by atoms with Crippen LogP contribution < -0.4 is 4.90 Å². The zero-order valence-electron chi connectivity index (χ0n) is 12.7. The van der Waals surface area contributed by atoms with Crippen LogP contribution in [0.25, 0.3) is 10.2 Å². The van der Waals surface area contributed by atoms with Crippen LogP contribution in [0.3, 0.4) is 0 Å². The average Bonchev–Trinajstić information content (AvgIpc) is 3.18. The van der Waals surface area contributed by atoms with Gasteiger partial charge in [-0.1, -0.05) is 11.8 Å². The molecule has 1 N–H and O–H groups in total. The molecular weight excluding hydrogens is 350 g/mol. The number of carboxylic acid groups (broad SMARTS) is 1. The van der Waals surface area contributed by atoms with Crippen molar-refractivity contribution in [1.29, 1.82) is 0 Å². The summed E-state index contributed by atoms with van der Waals surface area (Å²) in [5, 5.41) is 11.4. The van der Waals surface area contributed by atoms with E-state index >= 15 is 0 Å². The van der Waals surface area contributed by atoms with Crippen molar-refractivity contribution in [3.05, 3.63) is 10.4 Å². The van der Waals surface area contributed by atoms with E-state index < -0.39 is 12.0 Å². The largest absolute Gasteiger partial charge is 0.480 e. The molecule has 2 aromatic rings. The molecule has 1 saturated heterocycles. The van der Waals surface area contributed by atoms with Crippen LogP contribution in [0.4, 0.5) is 5.82 Å². The molecule has 1 fully saturated rings. The van der Waals surface area contributed by atoms with Gasteiger partial charge >= 0.3 is 5.97 Å². The van der Waals surface area contributed by atoms with E-state index in [2.05, 4.69) is 0 Å². The van der Waals surface area contributed by atoms with Crippen molar-refractivity contribution in [3.8, 4) is 0 Å². The van der Waals surface area contributed by atoms with Crippen LogP contribution in [0.2, 0.25) is 0 Å². The van der Waals surface area contributed by atoms with Gasteiger partial charge in [0.25, 0.3) is 0 Å². The third-order valence-corrected chi connectivity index (χ3v) is 7.14. The minimum Gasteiger partial charge on any atom is -0.480 e. The molecule has 2 aromatic heterocycles. The topological polar surface area (TPSA) is 66.3 Å². The van der Waals surface area contributed by atoms with Gasteiger partial charge in [0, 0.05) is 10.6 Å². The smallest absolute Gasteiger partial charge is 0.327 e. The Morgan fingerprint density at radius 1 is 1.35 bits per heavy atom. The van der Waals surface area contributed by atoms with Crippen molar-refractivity contribution in [3.63, 3.8) is 0 Å². The zero-order valence-corrected chi connectivity index (χ0v) is 15.2. The Morgan fingerprint density at radius 3 is 2.96 bits per heavy atom. The quantitative estimate of drug-likeness (QED) is 0.660. The highest BCUT2D eigenvalue weighted by Crippen LogP contribution is 2.42. The maximum absolute atomic E-state index is 11.6. The number of carbonyl (C=O) groups is 1. The van der Waals surface area contributed by atoms with E-state index in [1.807, 2.05) is 11.2 Å². The van der Waals surface area contributed by atoms with E-state index in [0.29, 0.717) is 11.6 Å². The van der Waals surface area contributed by atoms with Gasteiger partial charge in [0.05, 0.1) is 11.3 Å². The first-order valence-electron chi connectivity index (χ1n) is 7.62. The molecule has 1 aliphatic carbocycles. The number of thiophene rings is 1. The summed E-state index contributed by atoms with van der Waals surface area (Å²) in [6.07, 6.45) is 6.56. The third-order valence-electron chi connectivity index (χ3n) is 4.40. The highest BCUT2D eigenvalue weighted by atomic mass is 32.2. The first kappa shape index (κ1) is 15.5. The van der Waals surface area contributed by atoms with Crippen LogP contribution >= 0.6 is 34.9 Å². The Morgan fingerprint density at radius 2 is 2.17 bits per heavy atom. The number of hydrogen-bond acceptors (Lipinski definition) is 7. The summed E-state index contributed by atoms with van der Waals surface area (Å²) >= 11 is 4.94. The van der Waals surface area contributed by atoms with Gasteiger partial charge in [0.2, 0.25) is 0 Å². The molecule has 0 spiro atoms. The molecule has 8 heteroatoms. The van der Waals surface area contributed by atoms with Crippen molar-refractivity contribution in [2.24, 2.45) is 0 Å². The molecule has 1 unspecified atom stereocenters. The molecule has 23 heavy (non-hydrogen) atoms. The van der Waals surface area contributed by atoms with Crippen LogP contribution in [0, 0.1) is 0 Å². The predicted molar refractivity (Wildman–Crippen MR) is 97.1 cm³/mol. The van der Waals surface area contributed by atoms with Gasteiger partial charge < -0.3 is 10.0 Å². The van der Waals surface area contributed by atoms with Gasteiger partial charge in [0.15, 0.2) is 5.16 Å². The summed E-state index contributed by atoms with van der Waals surface area (Å²) in [5.74, 6) is 1.36. The van der Waals surface area contributed by atoms with Crippen molar-refractivity contribution in [2.45, 2.75) is 36.9 Å². The summed E-state index contributed by atoms with van der Waals surface area (Å²) in [5.41, 5.74) is 1.36. The maximum atomic E-state index is 11.6. The molecular formula is C15H17N3O2S3. The van der Waals surface area contributed by atoms with Crippen LogP contribution in [-0.4, -0.2) is 45.0 Å². The summed E-state index contributed by atoms with van der Waals surface area (Å²) in [4.78, 5) is 25.4. The maximum Gasteiger partial charge on any atom is 0.327 e. The number of fused-ring (bicyclic) bond motifs is 3. The minimum atomic E-state index is -0.767. The van der Waals surface area contributed by atoms with E-state index in [-0.39, 0.29) is 0 Å². The Kier molecular flexibility index (Phi) is 4.15. The highest BCUT2D eigenvalue weighted by Gasteiger charge is 2.35. The number of aryl methyl sites for hydroxylation is 2. The molecule has 0 saturated carbocycles. The molecule has 1 atom stereocenters. The number of nitrogens with zero attached hydrogens (tertiary/aromatic N) is 3. The summed E-state index contributed by atoms with van der Waals surface area (Å²) in [6.45, 7) is 0. The molecule has 0 radical (unpaired) electrons. The Hall–Kier alpha value is -0.990. The molecule has 1 aliphatic heterocycles. The molecule has 3 heterocycles. The normalized spacial score (nSPS) is 20.9. The van der Waals surface area contributed by atoms with Crippen molar-refractivity contribution < 1.29 is 9.90 Å². The lowest BCUT2D eigenvalue weighted by Gasteiger charge is -2.23. The predicted octanol–water partition coefficient (Wildman–Crippen LogP) is 3.26. The van der Waals surface area contributed by atoms with E-state index in [1.54, 1.807) is 23.1 Å². The number of thioether (sulfide) groups is 2. The van der Waals surface area contributed by atoms with Crippen LogP contribution in [0.5, 0.6) is 0 Å². The lowest BCUT2D eigenvalue weighted by Crippen LogP contribution is -2.38. The lowest BCUT2D eigenvalue weighted by atomic mass is 9.97. The fourth-order valence-corrected chi connectivity index (χ4v) is 6.10. The number of aromatic nitrogens is 2. The third kappa shape index (κ3) is 2.60. The Balaban J connectivity index is 1.93. The van der Waals surface area contributed by atoms with E-state index in [4.69, 9.17) is 9.97 Å². The minimum absolute atomic E-state index is 0.494. The van der Waals surface area contributed by atoms with E-state index in [1.165, 1.54) is 35.0 Å². The molecule has 122 valence electrons. The second-order valence-corrected chi connectivity index (χ2v) is 8.61. The lowest BCUT2D eigenvalue weighted by molar-refractivity contribution is -0.137. The van der Waals surface area contributed by atoms with Gasteiger partial charge in [-0.05, 0) is 37.5 Å². The van der Waals surface area contributed by atoms with Crippen LogP contribution in [0.15, 0.2) is 5.16 Å². The molecule has 0 bridgehead atoms. The van der Waals surface area contributed by atoms with Gasteiger partial charge in [-0.15, -0.1) is 23.1 Å². The number of aliphatic carboxylic acids is 1. The van der Waals surface area contributed by atoms with Crippen LogP contribution in [0.1, 0.15) is 23.3 Å². The average molecular weight is 368 g/mol. The fraction of sp³-hybridized carbons (Fsp3) is 0.533. The summed E-state index contributed by atoms with van der Waals surface area (Å²) in [6, 6.07) is -0.494. The SMILES string of the molecule is CSc1nc(N2CSCC2C(=O)O)c2c3c(sc2n1)CCCC3. The second-order valence-electron chi connectivity index (χ2n) is 5.75. The number of rotatable bonds is 3. The molecule has 5 nitrogen and oxygen atoms in total. The summed E-state index contributed by atoms with van der Waals surface area (Å²) in [7, 11) is 0. The number of carboxylic acids is 1. The summed E-state index contributed by atoms with van der Waals surface area (Å²) < 4.78 is 0. The zero-order chi connectivity index (χ0) is 16.0. The first-order valence-corrected chi connectivity index (χ1v) is 10.8. The number of hydrogen-bond donors (Lipinski definition) is 1. The van der Waals surface area contributed by atoms with Crippen molar-refractivity contribution >= 4 is 56.9 Å². The van der Waals surface area contributed by atoms with Crippen LogP contribution in [-0.2, 0) is 17.6 Å². The Bertz CT molecular complexity index is 777. The fourth-order valence-electron chi connectivity index (χ4n) is 3.27. The first-order chi connectivity index (χ1) is 11.2. The van der Waals surface area contributed by atoms with Crippen molar-refractivity contribution in [1.82, 2.24) is 9.97 Å². The molecule has 2 aliphatic rings. The molecule has 0 aromatic carbocycles. The molecule has 0 amide bonds. The monoisotopic (exact) mass is 367 g/mol. The molecule has 4 rings (SSSR count). The highest BCUT2D eigenvalue weighted by molar-refractivity contribution is 7.99. The van der Waals surface area contributed by atoms with Gasteiger partial charge in [-0.25, -0.2) is 14.8 Å². The van der Waals surface area contributed by atoms with E-state index in [0.717, 1.165) is 34.0 Å². The van der Waals surface area contributed by atoms with Gasteiger partial charge in [0.1, 0.15) is 16.7 Å². The second kappa shape index (κ2) is 6.14. The standard InChI is InChI=1S/C15H17N3O2S3/c1-21-15-16-12(18-7-22-6-9(18)14(19)20)11-8-4-2-3-5-10(8)23-13(11)17-15/h9H,2-7H2,1H3,(H,19,20). The number of anilines is 1. The van der Waals surface area contributed by atoms with Crippen molar-refractivity contribution in [2.75, 3.05) is 22.8 Å². The van der Waals surface area contributed by atoms with Gasteiger partial charge in [-0.2, -0.15) is 0 Å². The Labute approximate surface area is 146 Å². The van der Waals surface area contributed by atoms with E-state index in [9.17, 15) is 9.90 Å².